The Kier molecular flexibility index (Phi) is 10.8. The van der Waals surface area contributed by atoms with Crippen LogP contribution >= 0.6 is 24.0 Å². The lowest BCUT2D eigenvalue weighted by Gasteiger charge is -2.37. The highest BCUT2D eigenvalue weighted by Crippen LogP contribution is 2.38. The van der Waals surface area contributed by atoms with Crippen molar-refractivity contribution in [1.82, 2.24) is 20.4 Å². The van der Waals surface area contributed by atoms with Gasteiger partial charge in [0.1, 0.15) is 5.60 Å². The van der Waals surface area contributed by atoms with Crippen LogP contribution in [0.1, 0.15) is 65.7 Å². The van der Waals surface area contributed by atoms with E-state index in [0.29, 0.717) is 25.6 Å². The number of carbonyl (C=O) groups is 2. The summed E-state index contributed by atoms with van der Waals surface area (Å²) in [6.45, 7) is 7.57. The molecule has 1 aliphatic carbocycles. The molecule has 0 spiro atoms. The minimum atomic E-state index is -0.501. The van der Waals surface area contributed by atoms with Crippen molar-refractivity contribution in [2.24, 2.45) is 10.4 Å². The Labute approximate surface area is 204 Å². The minimum Gasteiger partial charge on any atom is -0.444 e. The number of carbonyl (C=O) groups excluding carboxylic acids is 2. The van der Waals surface area contributed by atoms with E-state index in [9.17, 15) is 9.59 Å². The van der Waals surface area contributed by atoms with Gasteiger partial charge < -0.3 is 25.2 Å². The standard InChI is InChI=1S/C22H41N5O3.HI/c1-21(2,3)30-20(29)27-14-10-7-11-17(27)15-24-19(23-4)25-16-22(12-8-9-13-22)18(28)26(5)6;/h17H,7-16H2,1-6H3,(H2,23,24,25);1H. The first kappa shape index (κ1) is 27.8. The number of hydrogen-bond donors (Lipinski definition) is 2. The second-order valence-electron chi connectivity index (χ2n) is 9.82. The molecule has 0 aromatic heterocycles. The van der Waals surface area contributed by atoms with E-state index in [4.69, 9.17) is 4.74 Å². The molecular formula is C22H42IN5O3. The molecular weight excluding hydrogens is 509 g/mol. The van der Waals surface area contributed by atoms with Crippen LogP contribution in [0.5, 0.6) is 0 Å². The molecule has 1 heterocycles. The van der Waals surface area contributed by atoms with E-state index in [1.807, 2.05) is 39.8 Å². The number of likely N-dealkylation sites (tertiary alicyclic amines) is 1. The van der Waals surface area contributed by atoms with Gasteiger partial charge in [-0.1, -0.05) is 12.8 Å². The van der Waals surface area contributed by atoms with Crippen molar-refractivity contribution in [2.45, 2.75) is 77.4 Å². The fourth-order valence-electron chi connectivity index (χ4n) is 4.45. The van der Waals surface area contributed by atoms with Crippen molar-refractivity contribution in [1.29, 1.82) is 0 Å². The molecule has 0 aromatic rings. The lowest BCUT2D eigenvalue weighted by molar-refractivity contribution is -0.138. The van der Waals surface area contributed by atoms with Gasteiger partial charge in [-0.3, -0.25) is 9.79 Å². The predicted molar refractivity (Wildman–Crippen MR) is 135 cm³/mol. The Bertz CT molecular complexity index is 627. The average Bonchev–Trinajstić information content (AvgIpc) is 3.16. The maximum absolute atomic E-state index is 12.8. The van der Waals surface area contributed by atoms with E-state index in [-0.39, 0.29) is 47.4 Å². The van der Waals surface area contributed by atoms with E-state index in [1.54, 1.807) is 11.9 Å². The van der Waals surface area contributed by atoms with Crippen LogP contribution in [0.25, 0.3) is 0 Å². The molecule has 31 heavy (non-hydrogen) atoms. The van der Waals surface area contributed by atoms with Crippen LogP contribution < -0.4 is 10.6 Å². The topological polar surface area (TPSA) is 86.3 Å². The molecule has 9 heteroatoms. The van der Waals surface area contributed by atoms with Gasteiger partial charge in [0.15, 0.2) is 5.96 Å². The fourth-order valence-corrected chi connectivity index (χ4v) is 4.45. The van der Waals surface area contributed by atoms with E-state index >= 15 is 0 Å². The molecule has 0 aromatic carbocycles. The molecule has 2 N–H and O–H groups in total. The van der Waals surface area contributed by atoms with Gasteiger partial charge in [-0.2, -0.15) is 0 Å². The first-order chi connectivity index (χ1) is 14.1. The van der Waals surface area contributed by atoms with E-state index in [0.717, 1.165) is 44.9 Å². The molecule has 0 bridgehead atoms. The number of piperidine rings is 1. The molecule has 2 fully saturated rings. The van der Waals surface area contributed by atoms with E-state index in [1.165, 1.54) is 0 Å². The van der Waals surface area contributed by atoms with Gasteiger partial charge in [-0.05, 0) is 52.9 Å². The van der Waals surface area contributed by atoms with Crippen molar-refractivity contribution < 1.29 is 14.3 Å². The summed E-state index contributed by atoms with van der Waals surface area (Å²) < 4.78 is 5.59. The van der Waals surface area contributed by atoms with Gasteiger partial charge in [-0.15, -0.1) is 24.0 Å². The third-order valence-corrected chi connectivity index (χ3v) is 6.00. The summed E-state index contributed by atoms with van der Waals surface area (Å²) in [5.74, 6) is 0.855. The van der Waals surface area contributed by atoms with Gasteiger partial charge in [0, 0.05) is 40.8 Å². The summed E-state index contributed by atoms with van der Waals surface area (Å²) in [6, 6.07) is 0.0657. The zero-order valence-electron chi connectivity index (χ0n) is 20.1. The Morgan fingerprint density at radius 2 is 1.77 bits per heavy atom. The molecule has 0 radical (unpaired) electrons. The van der Waals surface area contributed by atoms with Crippen molar-refractivity contribution in [3.63, 3.8) is 0 Å². The van der Waals surface area contributed by atoms with Crippen LogP contribution in [0.2, 0.25) is 0 Å². The molecule has 2 rings (SSSR count). The van der Waals surface area contributed by atoms with E-state index in [2.05, 4.69) is 15.6 Å². The molecule has 1 unspecified atom stereocenters. The molecule has 1 saturated carbocycles. The lowest BCUT2D eigenvalue weighted by atomic mass is 9.84. The smallest absolute Gasteiger partial charge is 0.410 e. The molecule has 8 nitrogen and oxygen atoms in total. The van der Waals surface area contributed by atoms with Crippen molar-refractivity contribution in [3.8, 4) is 0 Å². The Hall–Kier alpha value is -1.26. The summed E-state index contributed by atoms with van der Waals surface area (Å²) in [5, 5.41) is 6.73. The van der Waals surface area contributed by atoms with Crippen LogP contribution in [-0.4, -0.2) is 80.2 Å². The van der Waals surface area contributed by atoms with Crippen LogP contribution in [0, 0.1) is 5.41 Å². The summed E-state index contributed by atoms with van der Waals surface area (Å²) in [7, 11) is 5.38. The molecule has 2 amide bonds. The lowest BCUT2D eigenvalue weighted by Crippen LogP contribution is -2.53. The maximum Gasteiger partial charge on any atom is 0.410 e. The Morgan fingerprint density at radius 1 is 1.13 bits per heavy atom. The number of ether oxygens (including phenoxy) is 1. The third-order valence-electron chi connectivity index (χ3n) is 6.00. The number of nitrogens with one attached hydrogen (secondary N) is 2. The summed E-state index contributed by atoms with van der Waals surface area (Å²) in [6.07, 6.45) is 6.76. The third kappa shape index (κ3) is 7.98. The SMILES string of the molecule is CN=C(NCC1CCCCN1C(=O)OC(C)(C)C)NCC1(C(=O)N(C)C)CCCC1.I. The Balaban J connectivity index is 0.00000480. The van der Waals surface area contributed by atoms with Crippen LogP contribution in [0.3, 0.4) is 0 Å². The Morgan fingerprint density at radius 3 is 2.32 bits per heavy atom. The van der Waals surface area contributed by atoms with Gasteiger partial charge in [0.2, 0.25) is 5.91 Å². The van der Waals surface area contributed by atoms with Gasteiger partial charge >= 0.3 is 6.09 Å². The first-order valence-electron chi connectivity index (χ1n) is 11.2. The molecule has 2 aliphatic rings. The van der Waals surface area contributed by atoms with Gasteiger partial charge in [-0.25, -0.2) is 4.79 Å². The fraction of sp³-hybridized carbons (Fsp3) is 0.864. The second kappa shape index (κ2) is 12.1. The summed E-state index contributed by atoms with van der Waals surface area (Å²) in [5.41, 5.74) is -0.854. The predicted octanol–water partition coefficient (Wildman–Crippen LogP) is 3.21. The largest absolute Gasteiger partial charge is 0.444 e. The molecule has 1 saturated heterocycles. The van der Waals surface area contributed by atoms with E-state index < -0.39 is 5.60 Å². The van der Waals surface area contributed by atoms with Crippen molar-refractivity contribution in [3.05, 3.63) is 0 Å². The monoisotopic (exact) mass is 551 g/mol. The number of amides is 2. The van der Waals surface area contributed by atoms with Crippen LogP contribution in [-0.2, 0) is 9.53 Å². The highest BCUT2D eigenvalue weighted by Gasteiger charge is 2.42. The normalized spacial score (nSPS) is 21.2. The zero-order valence-corrected chi connectivity index (χ0v) is 22.5. The second-order valence-corrected chi connectivity index (χ2v) is 9.82. The van der Waals surface area contributed by atoms with Crippen LogP contribution in [0.15, 0.2) is 4.99 Å². The van der Waals surface area contributed by atoms with Gasteiger partial charge in [0.25, 0.3) is 0 Å². The van der Waals surface area contributed by atoms with Crippen molar-refractivity contribution >= 4 is 41.9 Å². The van der Waals surface area contributed by atoms with Gasteiger partial charge in [0.05, 0.1) is 11.5 Å². The zero-order chi connectivity index (χ0) is 22.4. The average molecular weight is 552 g/mol. The number of nitrogens with zero attached hydrogens (tertiary/aromatic N) is 3. The number of guanidine groups is 1. The number of hydrogen-bond acceptors (Lipinski definition) is 4. The number of halogens is 1. The van der Waals surface area contributed by atoms with Crippen molar-refractivity contribution in [2.75, 3.05) is 40.8 Å². The summed E-state index contributed by atoms with van der Waals surface area (Å²) >= 11 is 0. The number of rotatable bonds is 5. The molecule has 1 aliphatic heterocycles. The molecule has 180 valence electrons. The first-order valence-corrected chi connectivity index (χ1v) is 11.2. The summed E-state index contributed by atoms with van der Waals surface area (Å²) in [4.78, 5) is 33.2. The molecule has 1 atom stereocenters. The number of aliphatic imine (C=N–C) groups is 1. The highest BCUT2D eigenvalue weighted by atomic mass is 127. The highest BCUT2D eigenvalue weighted by molar-refractivity contribution is 14.0. The van der Waals surface area contributed by atoms with Crippen LogP contribution in [0.4, 0.5) is 4.79 Å². The maximum atomic E-state index is 12.8. The minimum absolute atomic E-state index is 0. The quantitative estimate of drug-likeness (QED) is 0.312.